The van der Waals surface area contributed by atoms with Gasteiger partial charge in [0.2, 0.25) is 0 Å². The van der Waals surface area contributed by atoms with Crippen LogP contribution in [0.2, 0.25) is 0 Å². The summed E-state index contributed by atoms with van der Waals surface area (Å²) in [6.45, 7) is 2.30. The average Bonchev–Trinajstić information content (AvgIpc) is 2.76. The molecule has 0 saturated heterocycles. The minimum Gasteiger partial charge on any atom is -0.384 e. The van der Waals surface area contributed by atoms with Crippen molar-refractivity contribution in [3.8, 4) is 0 Å². The Morgan fingerprint density at radius 1 is 0.793 bits per heavy atom. The van der Waals surface area contributed by atoms with Crippen LogP contribution in [0.25, 0.3) is 0 Å². The Morgan fingerprint density at radius 3 is 2.03 bits per heavy atom. The van der Waals surface area contributed by atoms with Crippen molar-refractivity contribution < 1.29 is 0 Å². The highest BCUT2D eigenvalue weighted by molar-refractivity contribution is 5.32. The van der Waals surface area contributed by atoms with Crippen molar-refractivity contribution in [2.75, 3.05) is 0 Å². The number of benzene rings is 1. The van der Waals surface area contributed by atoms with Gasteiger partial charge in [0.15, 0.2) is 0 Å². The summed E-state index contributed by atoms with van der Waals surface area (Å²) in [5.41, 5.74) is 3.05. The minimum atomic E-state index is 0.521. The quantitative estimate of drug-likeness (QED) is 0.258. The lowest BCUT2D eigenvalue weighted by molar-refractivity contribution is 0.511. The second-order valence-electron chi connectivity index (χ2n) is 9.10. The van der Waals surface area contributed by atoms with Crippen molar-refractivity contribution in [2.24, 2.45) is 0 Å². The summed E-state index contributed by atoms with van der Waals surface area (Å²) in [4.78, 5) is 0. The molecule has 1 aliphatic carbocycles. The molecule has 0 aliphatic heterocycles. The second-order valence-corrected chi connectivity index (χ2v) is 9.10. The van der Waals surface area contributed by atoms with E-state index in [2.05, 4.69) is 48.8 Å². The zero-order valence-corrected chi connectivity index (χ0v) is 19.3. The van der Waals surface area contributed by atoms with Gasteiger partial charge in [0.05, 0.1) is 6.04 Å². The van der Waals surface area contributed by atoms with Gasteiger partial charge < -0.3 is 5.32 Å². The number of aryl methyl sites for hydroxylation is 1. The van der Waals surface area contributed by atoms with Gasteiger partial charge >= 0.3 is 0 Å². The Bertz CT molecular complexity index is 533. The van der Waals surface area contributed by atoms with Gasteiger partial charge in [-0.1, -0.05) is 121 Å². The van der Waals surface area contributed by atoms with E-state index in [1.54, 1.807) is 0 Å². The number of hydrogen-bond donors (Lipinski definition) is 1. The molecule has 0 bridgehead atoms. The first-order valence-corrected chi connectivity index (χ1v) is 12.9. The van der Waals surface area contributed by atoms with Gasteiger partial charge in [0.25, 0.3) is 0 Å². The van der Waals surface area contributed by atoms with Crippen LogP contribution in [0.5, 0.6) is 0 Å². The molecular formula is C28H47N. The number of rotatable bonds is 17. The standard InChI is InChI=1S/C28H47N/c1-2-3-4-5-6-7-8-9-10-11-12-13-14-15-16-19-25-29-28-24-20-22-26-21-17-18-23-27(26)28/h17-19,21,23,25,28-29H,2-16,20,22,24H2,1H3/b25-19-. The van der Waals surface area contributed by atoms with Crippen LogP contribution in [0.15, 0.2) is 36.5 Å². The van der Waals surface area contributed by atoms with E-state index < -0.39 is 0 Å². The third kappa shape index (κ3) is 10.9. The predicted octanol–water partition coefficient (Wildman–Crippen LogP) is 9.04. The first-order chi connectivity index (χ1) is 14.4. The average molecular weight is 398 g/mol. The van der Waals surface area contributed by atoms with Gasteiger partial charge in [-0.3, -0.25) is 0 Å². The van der Waals surface area contributed by atoms with Crippen LogP contribution >= 0.6 is 0 Å². The van der Waals surface area contributed by atoms with Crippen LogP contribution in [0, 0.1) is 0 Å². The SMILES string of the molecule is CCCCCCCCCCCCCCCC/C=C\NC1CCCc2ccccc21. The van der Waals surface area contributed by atoms with Gasteiger partial charge in [-0.25, -0.2) is 0 Å². The van der Waals surface area contributed by atoms with Gasteiger partial charge in [-0.05, 0) is 49.4 Å². The first-order valence-electron chi connectivity index (χ1n) is 12.9. The van der Waals surface area contributed by atoms with Crippen LogP contribution in [-0.2, 0) is 6.42 Å². The molecule has 0 spiro atoms. The minimum absolute atomic E-state index is 0.521. The first kappa shape index (κ1) is 24.0. The Hall–Kier alpha value is -1.24. The van der Waals surface area contributed by atoms with Crippen molar-refractivity contribution in [2.45, 2.75) is 129 Å². The molecular weight excluding hydrogens is 350 g/mol. The maximum atomic E-state index is 3.65. The number of nitrogens with one attached hydrogen (secondary N) is 1. The zero-order chi connectivity index (χ0) is 20.4. The maximum absolute atomic E-state index is 3.65. The maximum Gasteiger partial charge on any atom is 0.0511 e. The highest BCUT2D eigenvalue weighted by Gasteiger charge is 2.17. The van der Waals surface area contributed by atoms with Gasteiger partial charge in [0.1, 0.15) is 0 Å². The van der Waals surface area contributed by atoms with E-state index in [-0.39, 0.29) is 0 Å². The molecule has 1 atom stereocenters. The van der Waals surface area contributed by atoms with Crippen molar-refractivity contribution >= 4 is 0 Å². The van der Waals surface area contributed by atoms with Crippen molar-refractivity contribution in [3.05, 3.63) is 47.7 Å². The summed E-state index contributed by atoms with van der Waals surface area (Å²) in [7, 11) is 0. The molecule has 1 nitrogen and oxygen atoms in total. The molecule has 0 aromatic heterocycles. The van der Waals surface area contributed by atoms with E-state index in [0.717, 1.165) is 0 Å². The number of fused-ring (bicyclic) bond motifs is 1. The summed E-state index contributed by atoms with van der Waals surface area (Å²) < 4.78 is 0. The smallest absolute Gasteiger partial charge is 0.0511 e. The van der Waals surface area contributed by atoms with E-state index in [9.17, 15) is 0 Å². The molecule has 0 saturated carbocycles. The van der Waals surface area contributed by atoms with Crippen LogP contribution in [0.3, 0.4) is 0 Å². The number of unbranched alkanes of at least 4 members (excludes halogenated alkanes) is 14. The molecule has 1 heteroatoms. The van der Waals surface area contributed by atoms with Crippen molar-refractivity contribution in [1.82, 2.24) is 5.32 Å². The largest absolute Gasteiger partial charge is 0.384 e. The second kappa shape index (κ2) is 16.5. The molecule has 164 valence electrons. The molecule has 0 fully saturated rings. The predicted molar refractivity (Wildman–Crippen MR) is 129 cm³/mol. The van der Waals surface area contributed by atoms with Gasteiger partial charge in [0, 0.05) is 0 Å². The summed E-state index contributed by atoms with van der Waals surface area (Å²) in [6, 6.07) is 9.46. The van der Waals surface area contributed by atoms with E-state index in [1.165, 1.54) is 127 Å². The third-order valence-corrected chi connectivity index (χ3v) is 6.51. The van der Waals surface area contributed by atoms with Gasteiger partial charge in [-0.15, -0.1) is 0 Å². The van der Waals surface area contributed by atoms with E-state index in [0.29, 0.717) is 6.04 Å². The summed E-state index contributed by atoms with van der Waals surface area (Å²) >= 11 is 0. The fraction of sp³-hybridized carbons (Fsp3) is 0.714. The molecule has 1 N–H and O–H groups in total. The van der Waals surface area contributed by atoms with E-state index >= 15 is 0 Å². The van der Waals surface area contributed by atoms with Crippen LogP contribution < -0.4 is 5.32 Å². The lowest BCUT2D eigenvalue weighted by Gasteiger charge is -2.25. The molecule has 1 aliphatic rings. The molecule has 0 heterocycles. The molecule has 29 heavy (non-hydrogen) atoms. The Labute approximate surface area is 181 Å². The highest BCUT2D eigenvalue weighted by Crippen LogP contribution is 2.29. The monoisotopic (exact) mass is 397 g/mol. The number of allylic oxidation sites excluding steroid dienone is 1. The Kier molecular flexibility index (Phi) is 13.7. The lowest BCUT2D eigenvalue weighted by atomic mass is 9.88. The highest BCUT2D eigenvalue weighted by atomic mass is 14.9. The van der Waals surface area contributed by atoms with Crippen molar-refractivity contribution in [1.29, 1.82) is 0 Å². The third-order valence-electron chi connectivity index (χ3n) is 6.51. The molecule has 2 rings (SSSR count). The van der Waals surface area contributed by atoms with Gasteiger partial charge in [-0.2, -0.15) is 0 Å². The summed E-state index contributed by atoms with van der Waals surface area (Å²) in [6.07, 6.45) is 29.7. The number of hydrogen-bond acceptors (Lipinski definition) is 1. The van der Waals surface area contributed by atoms with Crippen LogP contribution in [0.4, 0.5) is 0 Å². The molecule has 1 aromatic rings. The fourth-order valence-corrected chi connectivity index (χ4v) is 4.65. The normalized spacial score (nSPS) is 16.2. The Morgan fingerprint density at radius 2 is 1.38 bits per heavy atom. The molecule has 1 aromatic carbocycles. The van der Waals surface area contributed by atoms with E-state index in [4.69, 9.17) is 0 Å². The van der Waals surface area contributed by atoms with Crippen molar-refractivity contribution in [3.63, 3.8) is 0 Å². The zero-order valence-electron chi connectivity index (χ0n) is 19.3. The lowest BCUT2D eigenvalue weighted by Crippen LogP contribution is -2.20. The Balaban J connectivity index is 1.36. The topological polar surface area (TPSA) is 12.0 Å². The molecule has 1 unspecified atom stereocenters. The fourth-order valence-electron chi connectivity index (χ4n) is 4.65. The molecule has 0 amide bonds. The molecule has 0 radical (unpaired) electrons. The van der Waals surface area contributed by atoms with Crippen LogP contribution in [-0.4, -0.2) is 0 Å². The summed E-state index contributed by atoms with van der Waals surface area (Å²) in [5, 5.41) is 3.65. The summed E-state index contributed by atoms with van der Waals surface area (Å²) in [5.74, 6) is 0. The van der Waals surface area contributed by atoms with Crippen LogP contribution in [0.1, 0.15) is 133 Å². The van der Waals surface area contributed by atoms with E-state index in [1.807, 2.05) is 0 Å².